The molecule has 0 aromatic rings. The molecular weight excluding hydrogens is 430 g/mol. The third kappa shape index (κ3) is 13.6. The predicted molar refractivity (Wildman–Crippen MR) is 82.3 cm³/mol. The monoisotopic (exact) mass is 452 g/mol. The van der Waals surface area contributed by atoms with Crippen molar-refractivity contribution in [2.75, 3.05) is 33.0 Å². The van der Waals surface area contributed by atoms with E-state index < -0.39 is 66.2 Å². The number of phosphoric ester groups is 2. The molecule has 0 spiro atoms. The molecule has 0 aromatic carbocycles. The first-order valence-electron chi connectivity index (χ1n) is 7.62. The van der Waals surface area contributed by atoms with Gasteiger partial charge in [0.2, 0.25) is 0 Å². The molecule has 15 nitrogen and oxygen atoms in total. The molecule has 0 rings (SSSR count). The van der Waals surface area contributed by atoms with Gasteiger partial charge < -0.3 is 64.1 Å². The molecule has 0 aromatic heterocycles. The smallest absolute Gasteiger partial charge is 0.268 e. The van der Waals surface area contributed by atoms with Crippen LogP contribution in [-0.2, 0) is 36.8 Å². The molecule has 0 aliphatic heterocycles. The summed E-state index contributed by atoms with van der Waals surface area (Å²) in [5.41, 5.74) is 10.3. The Morgan fingerprint density at radius 1 is 1.07 bits per heavy atom. The van der Waals surface area contributed by atoms with E-state index in [1.807, 2.05) is 0 Å². The van der Waals surface area contributed by atoms with E-state index in [0.29, 0.717) is 6.61 Å². The van der Waals surface area contributed by atoms with Gasteiger partial charge in [-0.25, -0.2) is 0 Å². The highest BCUT2D eigenvalue weighted by atomic mass is 31.2. The Hall–Kier alpha value is -0.510. The molecule has 5 unspecified atom stereocenters. The van der Waals surface area contributed by atoms with Crippen LogP contribution in [0, 0.1) is 6.61 Å². The first-order valence-corrected chi connectivity index (χ1v) is 10.5. The molecule has 0 bridgehead atoms. The van der Waals surface area contributed by atoms with E-state index >= 15 is 0 Å². The Balaban J connectivity index is 4.69. The van der Waals surface area contributed by atoms with Crippen LogP contribution in [0.2, 0.25) is 0 Å². The van der Waals surface area contributed by atoms with Gasteiger partial charge in [0, 0.05) is 13.2 Å². The summed E-state index contributed by atoms with van der Waals surface area (Å²) in [6, 6.07) is -2.84. The van der Waals surface area contributed by atoms with E-state index in [-0.39, 0.29) is 6.61 Å². The summed E-state index contributed by atoms with van der Waals surface area (Å²) < 4.78 is 46.0. The number of hydrogen-bond acceptors (Lipinski definition) is 14. The van der Waals surface area contributed by atoms with Crippen LogP contribution in [0.15, 0.2) is 0 Å². The molecular formula is C11H22N2O13P2-4. The molecule has 0 radical (unpaired) electrons. The summed E-state index contributed by atoms with van der Waals surface area (Å²) in [7, 11) is -10.0. The van der Waals surface area contributed by atoms with Crippen LogP contribution >= 0.6 is 15.6 Å². The van der Waals surface area contributed by atoms with Crippen LogP contribution in [-0.4, -0.2) is 62.1 Å². The zero-order valence-electron chi connectivity index (χ0n) is 14.7. The minimum Gasteiger partial charge on any atom is -0.756 e. The summed E-state index contributed by atoms with van der Waals surface area (Å²) in [5, 5.41) is 20.4. The average molecular weight is 452 g/mol. The van der Waals surface area contributed by atoms with E-state index in [1.165, 1.54) is 0 Å². The fourth-order valence-corrected chi connectivity index (χ4v) is 2.99. The zero-order valence-corrected chi connectivity index (χ0v) is 16.5. The lowest BCUT2D eigenvalue weighted by atomic mass is 10.3. The maximum Gasteiger partial charge on any atom is 0.268 e. The van der Waals surface area contributed by atoms with Gasteiger partial charge >= 0.3 is 0 Å². The van der Waals surface area contributed by atoms with Gasteiger partial charge in [-0.2, -0.15) is 0 Å². The minimum atomic E-state index is -5.04. The summed E-state index contributed by atoms with van der Waals surface area (Å²) in [6.07, 6.45) is -1.46. The fraction of sp³-hybridized carbons (Fsp3) is 0.818. The summed E-state index contributed by atoms with van der Waals surface area (Å²) in [4.78, 5) is 36.1. The number of rotatable bonds is 17. The number of phosphoric acid groups is 2. The van der Waals surface area contributed by atoms with Gasteiger partial charge in [0.15, 0.2) is 0 Å². The molecule has 5 atom stereocenters. The molecule has 5 N–H and O–H groups in total. The van der Waals surface area contributed by atoms with Crippen LogP contribution < -0.4 is 31.6 Å². The molecule has 0 amide bonds. The Kier molecular flexibility index (Phi) is 13.4. The molecule has 168 valence electrons. The number of carbonyl (C=O) groups excluding carboxylic acids is 1. The second-order valence-electron chi connectivity index (χ2n) is 5.01. The van der Waals surface area contributed by atoms with Crippen molar-refractivity contribution in [2.45, 2.75) is 25.1 Å². The summed E-state index contributed by atoms with van der Waals surface area (Å²) in [6.45, 7) is -0.468. The van der Waals surface area contributed by atoms with E-state index in [1.54, 1.807) is 6.92 Å². The maximum atomic E-state index is 11.8. The van der Waals surface area contributed by atoms with Crippen molar-refractivity contribution >= 4 is 21.6 Å². The van der Waals surface area contributed by atoms with E-state index in [2.05, 4.69) is 23.0 Å². The molecule has 0 saturated carbocycles. The van der Waals surface area contributed by atoms with Gasteiger partial charge in [-0.05, 0) is 19.6 Å². The van der Waals surface area contributed by atoms with E-state index in [9.17, 15) is 34.1 Å². The lowest BCUT2D eigenvalue weighted by Crippen LogP contribution is -2.45. The first kappa shape index (κ1) is 27.5. The Morgan fingerprint density at radius 2 is 1.64 bits per heavy atom. The highest BCUT2D eigenvalue weighted by molar-refractivity contribution is 7.46. The van der Waals surface area contributed by atoms with Gasteiger partial charge in [0.25, 0.3) is 15.6 Å². The van der Waals surface area contributed by atoms with Crippen LogP contribution in [0.3, 0.4) is 0 Å². The van der Waals surface area contributed by atoms with Gasteiger partial charge in [0.1, 0.15) is 6.10 Å². The Bertz CT molecular complexity index is 551. The first-order chi connectivity index (χ1) is 12.9. The topological polar surface area (TPSA) is 254 Å². The fourth-order valence-electron chi connectivity index (χ4n) is 1.32. The normalized spacial score (nSPS) is 19.4. The minimum absolute atomic E-state index is 0.140. The van der Waals surface area contributed by atoms with E-state index in [4.69, 9.17) is 16.2 Å². The molecule has 0 heterocycles. The lowest BCUT2D eigenvalue weighted by molar-refractivity contribution is -0.762. The number of carboxylic acid groups (broad SMARTS) is 1. The van der Waals surface area contributed by atoms with E-state index in [0.717, 1.165) is 0 Å². The number of carbonyl (C=O) groups is 1. The molecule has 0 aliphatic rings. The van der Waals surface area contributed by atoms with Gasteiger partial charge in [-0.1, -0.05) is 0 Å². The van der Waals surface area contributed by atoms with Crippen LogP contribution in [0.25, 0.3) is 0 Å². The maximum absolute atomic E-state index is 11.8. The van der Waals surface area contributed by atoms with Crippen molar-refractivity contribution < 1.29 is 61.8 Å². The van der Waals surface area contributed by atoms with Gasteiger partial charge in [0.05, 0.1) is 31.8 Å². The van der Waals surface area contributed by atoms with Crippen molar-refractivity contribution in [3.8, 4) is 0 Å². The summed E-state index contributed by atoms with van der Waals surface area (Å²) in [5.74, 6) is -1.75. The largest absolute Gasteiger partial charge is 0.756 e. The Morgan fingerprint density at radius 3 is 2.18 bits per heavy atom. The highest BCUT2D eigenvalue weighted by Crippen LogP contribution is 2.42. The van der Waals surface area contributed by atoms with Gasteiger partial charge in [-0.3, -0.25) is 9.13 Å². The zero-order chi connectivity index (χ0) is 21.8. The number of aliphatic carboxylic acids is 1. The Labute approximate surface area is 160 Å². The number of carboxylic acids is 1. The number of ether oxygens (including phenoxy) is 1. The number of aliphatic hydroxyl groups is 1. The SMILES string of the molecule is CCOCC(COP(=O)([O-])OCC(N)C(=O)[O-])OP(=O)([O-])OCC(N)[CH-][OH+][O-]. The standard InChI is InChI=1S/C11H25N2O13P2/c1-2-21-5-9(26-28(19,20)23-4-8(12)3-22-16)6-24-27(17,18)25-7-10(13)11(14)15/h3,8-10,22H,2,4-7,12-13H2,1H3,(H,14,15)(H,17,18)(H,19,20)/q-1/p-3. The van der Waals surface area contributed by atoms with Crippen LogP contribution in [0.4, 0.5) is 0 Å². The van der Waals surface area contributed by atoms with Crippen molar-refractivity contribution in [2.24, 2.45) is 11.5 Å². The third-order valence-electron chi connectivity index (χ3n) is 2.60. The number of nitrogens with two attached hydrogens (primary N) is 2. The predicted octanol–water partition coefficient (Wildman–Crippen LogP) is -4.67. The van der Waals surface area contributed by atoms with Crippen LogP contribution in [0.1, 0.15) is 6.92 Å². The molecule has 0 aliphatic carbocycles. The highest BCUT2D eigenvalue weighted by Gasteiger charge is 2.22. The van der Waals surface area contributed by atoms with Crippen LogP contribution in [0.5, 0.6) is 0 Å². The molecule has 28 heavy (non-hydrogen) atoms. The summed E-state index contributed by atoms with van der Waals surface area (Å²) >= 11 is 0. The quantitative estimate of drug-likeness (QED) is 0.0691. The number of hydrogen-bond donors (Lipinski definition) is 2. The van der Waals surface area contributed by atoms with Gasteiger partial charge in [-0.15, -0.1) is 0 Å². The molecule has 17 heteroatoms. The average Bonchev–Trinajstić information content (AvgIpc) is 2.60. The van der Waals surface area contributed by atoms with Crippen molar-refractivity contribution in [1.29, 1.82) is 0 Å². The molecule has 0 fully saturated rings. The second-order valence-corrected chi connectivity index (χ2v) is 7.79. The lowest BCUT2D eigenvalue weighted by Gasteiger charge is -2.31. The van der Waals surface area contributed by atoms with Crippen molar-refractivity contribution in [3.05, 3.63) is 6.61 Å². The van der Waals surface area contributed by atoms with Crippen molar-refractivity contribution in [1.82, 2.24) is 0 Å². The third-order valence-corrected chi connectivity index (χ3v) is 4.55. The second kappa shape index (κ2) is 13.7. The molecule has 0 saturated heterocycles. The van der Waals surface area contributed by atoms with Crippen molar-refractivity contribution in [3.63, 3.8) is 0 Å².